The highest BCUT2D eigenvalue weighted by atomic mass is 35.5. The first kappa shape index (κ1) is 13.8. The van der Waals surface area contributed by atoms with Gasteiger partial charge in [0.1, 0.15) is 0 Å². The van der Waals surface area contributed by atoms with Gasteiger partial charge in [-0.1, -0.05) is 23.7 Å². The van der Waals surface area contributed by atoms with Crippen molar-refractivity contribution in [3.05, 3.63) is 39.9 Å². The van der Waals surface area contributed by atoms with Crippen LogP contribution in [0.15, 0.2) is 24.3 Å². The number of hydrogen-bond acceptors (Lipinski definition) is 4. The summed E-state index contributed by atoms with van der Waals surface area (Å²) in [4.78, 5) is 21.2. The number of carbonyl (C=O) groups is 1. The minimum atomic E-state index is -2.42. The Labute approximate surface area is 104 Å². The van der Waals surface area contributed by atoms with E-state index in [1.165, 1.54) is 24.3 Å². The SMILES string of the molecule is O=C(Cc1ccc([N+](=O)[O-])cc1)C(Cl)S(=O)O. The minimum absolute atomic E-state index is 0.0886. The van der Waals surface area contributed by atoms with Gasteiger partial charge in [0.05, 0.1) is 4.92 Å². The maximum atomic E-state index is 11.4. The van der Waals surface area contributed by atoms with E-state index in [-0.39, 0.29) is 12.1 Å². The number of alkyl halides is 1. The smallest absolute Gasteiger partial charge is 0.269 e. The summed E-state index contributed by atoms with van der Waals surface area (Å²) in [7, 11) is 0. The number of non-ortho nitro benzene ring substituents is 1. The molecule has 0 amide bonds. The van der Waals surface area contributed by atoms with Crippen LogP contribution in [0.2, 0.25) is 0 Å². The molecule has 0 fully saturated rings. The van der Waals surface area contributed by atoms with E-state index >= 15 is 0 Å². The number of nitrogens with zero attached hydrogens (tertiary/aromatic N) is 1. The fraction of sp³-hybridized carbons (Fsp3) is 0.222. The van der Waals surface area contributed by atoms with Gasteiger partial charge in [-0.2, -0.15) is 0 Å². The molecule has 0 aliphatic rings. The zero-order valence-electron chi connectivity index (χ0n) is 8.41. The lowest BCUT2D eigenvalue weighted by molar-refractivity contribution is -0.384. The van der Waals surface area contributed by atoms with Crippen LogP contribution in [0.4, 0.5) is 5.69 Å². The van der Waals surface area contributed by atoms with Gasteiger partial charge < -0.3 is 4.55 Å². The quantitative estimate of drug-likeness (QED) is 0.381. The van der Waals surface area contributed by atoms with Gasteiger partial charge in [0.25, 0.3) is 5.69 Å². The average molecular weight is 278 g/mol. The van der Waals surface area contributed by atoms with Gasteiger partial charge in [-0.25, -0.2) is 4.21 Å². The summed E-state index contributed by atoms with van der Waals surface area (Å²) in [5.74, 6) is -0.610. The number of nitro benzene ring substituents is 1. The van der Waals surface area contributed by atoms with Gasteiger partial charge in [-0.3, -0.25) is 14.9 Å². The molecule has 0 heterocycles. The van der Waals surface area contributed by atoms with E-state index in [0.29, 0.717) is 5.56 Å². The van der Waals surface area contributed by atoms with Crippen molar-refractivity contribution >= 4 is 34.2 Å². The largest absolute Gasteiger partial charge is 0.305 e. The first-order valence-corrected chi connectivity index (χ1v) is 6.02. The molecule has 92 valence electrons. The van der Waals surface area contributed by atoms with Gasteiger partial charge in [-0.05, 0) is 5.56 Å². The normalized spacial score (nSPS) is 14.0. The van der Waals surface area contributed by atoms with Gasteiger partial charge in [0, 0.05) is 18.6 Å². The molecule has 0 aromatic heterocycles. The van der Waals surface area contributed by atoms with Crippen molar-refractivity contribution in [2.75, 3.05) is 0 Å². The van der Waals surface area contributed by atoms with Crippen molar-refractivity contribution in [1.82, 2.24) is 0 Å². The molecule has 17 heavy (non-hydrogen) atoms. The van der Waals surface area contributed by atoms with Crippen molar-refractivity contribution in [3.63, 3.8) is 0 Å². The standard InChI is InChI=1S/C9H8ClNO5S/c10-9(17(15)16)8(12)5-6-1-3-7(4-2-6)11(13)14/h1-4,9H,5H2,(H,15,16). The van der Waals surface area contributed by atoms with E-state index in [9.17, 15) is 19.1 Å². The summed E-state index contributed by atoms with van der Waals surface area (Å²) < 4.78 is 17.7. The molecule has 0 saturated heterocycles. The van der Waals surface area contributed by atoms with Gasteiger partial charge in [0.2, 0.25) is 0 Å². The highest BCUT2D eigenvalue weighted by Crippen LogP contribution is 2.14. The Morgan fingerprint density at radius 3 is 2.41 bits per heavy atom. The van der Waals surface area contributed by atoms with Crippen LogP contribution in [-0.4, -0.2) is 24.2 Å². The van der Waals surface area contributed by atoms with Gasteiger partial charge >= 0.3 is 0 Å². The monoisotopic (exact) mass is 277 g/mol. The molecule has 8 heteroatoms. The van der Waals surface area contributed by atoms with Crippen molar-refractivity contribution in [1.29, 1.82) is 0 Å². The third-order valence-corrected chi connectivity index (χ3v) is 3.27. The van der Waals surface area contributed by atoms with Gasteiger partial charge in [0.15, 0.2) is 21.6 Å². The summed E-state index contributed by atoms with van der Waals surface area (Å²) in [6.07, 6.45) is -0.140. The zero-order valence-corrected chi connectivity index (χ0v) is 9.98. The van der Waals surface area contributed by atoms with Gasteiger partial charge in [-0.15, -0.1) is 0 Å². The first-order valence-electron chi connectivity index (χ1n) is 4.41. The number of carbonyl (C=O) groups excluding carboxylic acids is 1. The van der Waals surface area contributed by atoms with E-state index in [2.05, 4.69) is 0 Å². The molecule has 0 radical (unpaired) electrons. The molecular formula is C9H8ClNO5S. The summed E-state index contributed by atoms with van der Waals surface area (Å²) in [5.41, 5.74) is 0.408. The Hall–Kier alpha value is -1.31. The summed E-state index contributed by atoms with van der Waals surface area (Å²) in [6, 6.07) is 5.31. The molecular weight excluding hydrogens is 270 g/mol. The molecule has 1 N–H and O–H groups in total. The van der Waals surface area contributed by atoms with Crippen molar-refractivity contribution in [2.45, 2.75) is 11.1 Å². The molecule has 0 bridgehead atoms. The highest BCUT2D eigenvalue weighted by Gasteiger charge is 2.21. The van der Waals surface area contributed by atoms with Crippen LogP contribution in [0.3, 0.4) is 0 Å². The van der Waals surface area contributed by atoms with Crippen LogP contribution in [-0.2, 0) is 22.3 Å². The first-order chi connectivity index (χ1) is 7.91. The Bertz CT molecular complexity index is 461. The lowest BCUT2D eigenvalue weighted by Gasteiger charge is -2.03. The molecule has 1 aromatic carbocycles. The van der Waals surface area contributed by atoms with E-state index in [1.807, 2.05) is 0 Å². The van der Waals surface area contributed by atoms with Crippen LogP contribution in [0.1, 0.15) is 5.56 Å². The molecule has 0 spiro atoms. The minimum Gasteiger partial charge on any atom is -0.305 e. The number of benzene rings is 1. The third kappa shape index (κ3) is 3.88. The van der Waals surface area contributed by atoms with E-state index < -0.39 is 26.5 Å². The van der Waals surface area contributed by atoms with Crippen LogP contribution in [0.25, 0.3) is 0 Å². The van der Waals surface area contributed by atoms with E-state index in [0.717, 1.165) is 0 Å². The maximum absolute atomic E-state index is 11.4. The number of nitro groups is 1. The second-order valence-corrected chi connectivity index (χ2v) is 4.88. The van der Waals surface area contributed by atoms with E-state index in [4.69, 9.17) is 16.2 Å². The Balaban J connectivity index is 2.73. The zero-order chi connectivity index (χ0) is 13.0. The van der Waals surface area contributed by atoms with Crippen molar-refractivity contribution in [2.24, 2.45) is 0 Å². The molecule has 2 unspecified atom stereocenters. The molecule has 0 aliphatic carbocycles. The lowest BCUT2D eigenvalue weighted by atomic mass is 10.1. The molecule has 2 atom stereocenters. The fourth-order valence-corrected chi connectivity index (χ4v) is 1.51. The number of hydrogen-bond donors (Lipinski definition) is 1. The van der Waals surface area contributed by atoms with Crippen molar-refractivity contribution in [3.8, 4) is 0 Å². The molecule has 1 rings (SSSR count). The summed E-state index contributed by atoms with van der Waals surface area (Å²) in [5, 5.41) is 10.4. The topological polar surface area (TPSA) is 97.5 Å². The third-order valence-electron chi connectivity index (χ3n) is 1.96. The number of Topliss-reactive ketones (excluding diaryl/α,β-unsaturated/α-hetero) is 1. The van der Waals surface area contributed by atoms with E-state index in [1.54, 1.807) is 0 Å². The number of rotatable bonds is 5. The number of ketones is 1. The second kappa shape index (κ2) is 5.85. The Morgan fingerprint density at radius 2 is 2.00 bits per heavy atom. The lowest BCUT2D eigenvalue weighted by Crippen LogP contribution is -2.21. The van der Waals surface area contributed by atoms with Crippen LogP contribution >= 0.6 is 11.6 Å². The molecule has 1 aromatic rings. The van der Waals surface area contributed by atoms with Crippen LogP contribution < -0.4 is 0 Å². The molecule has 6 nitrogen and oxygen atoms in total. The number of halogens is 1. The predicted octanol–water partition coefficient (Wildman–Crippen LogP) is 1.49. The summed E-state index contributed by atoms with van der Waals surface area (Å²) in [6.45, 7) is 0. The molecule has 0 saturated carbocycles. The predicted molar refractivity (Wildman–Crippen MR) is 62.2 cm³/mol. The highest BCUT2D eigenvalue weighted by molar-refractivity contribution is 7.82. The Kier molecular flexibility index (Phi) is 4.73. The maximum Gasteiger partial charge on any atom is 0.269 e. The van der Waals surface area contributed by atoms with Crippen molar-refractivity contribution < 1.29 is 18.5 Å². The fourth-order valence-electron chi connectivity index (χ4n) is 1.13. The van der Waals surface area contributed by atoms with Crippen LogP contribution in [0.5, 0.6) is 0 Å². The van der Waals surface area contributed by atoms with Crippen LogP contribution in [0, 0.1) is 10.1 Å². The second-order valence-electron chi connectivity index (χ2n) is 3.16. The average Bonchev–Trinajstić information content (AvgIpc) is 2.28. The Morgan fingerprint density at radius 1 is 1.47 bits per heavy atom. The molecule has 0 aliphatic heterocycles. The summed E-state index contributed by atoms with van der Waals surface area (Å²) >= 11 is 2.97.